The number of ether oxygens (including phenoxy) is 2. The SMILES string of the molecule is C=COCCCCOc1ccc(C(C)=O)c(C)c1. The standard InChI is InChI=1S/C15H20O3/c1-4-17-9-5-6-10-18-14-7-8-15(13(3)16)12(2)11-14/h4,7-8,11H,1,5-6,9-10H2,2-3H3. The molecule has 3 heteroatoms. The van der Waals surface area contributed by atoms with Crippen LogP contribution < -0.4 is 4.74 Å². The molecule has 0 aliphatic rings. The van der Waals surface area contributed by atoms with Crippen molar-refractivity contribution in [3.05, 3.63) is 42.2 Å². The van der Waals surface area contributed by atoms with Crippen molar-refractivity contribution >= 4 is 5.78 Å². The van der Waals surface area contributed by atoms with E-state index in [1.807, 2.05) is 25.1 Å². The summed E-state index contributed by atoms with van der Waals surface area (Å²) >= 11 is 0. The van der Waals surface area contributed by atoms with Gasteiger partial charge in [0.15, 0.2) is 5.78 Å². The van der Waals surface area contributed by atoms with Gasteiger partial charge in [-0.05, 0) is 50.5 Å². The zero-order valence-corrected chi connectivity index (χ0v) is 11.1. The lowest BCUT2D eigenvalue weighted by atomic mass is 10.1. The van der Waals surface area contributed by atoms with Crippen LogP contribution in [0.3, 0.4) is 0 Å². The maximum atomic E-state index is 11.3. The van der Waals surface area contributed by atoms with Crippen molar-refractivity contribution in [3.63, 3.8) is 0 Å². The highest BCUT2D eigenvalue weighted by atomic mass is 16.5. The van der Waals surface area contributed by atoms with E-state index < -0.39 is 0 Å². The Balaban J connectivity index is 2.37. The third kappa shape index (κ3) is 4.62. The highest BCUT2D eigenvalue weighted by Gasteiger charge is 2.04. The van der Waals surface area contributed by atoms with E-state index in [1.54, 1.807) is 6.92 Å². The molecule has 1 rings (SSSR count). The maximum Gasteiger partial charge on any atom is 0.160 e. The molecule has 3 nitrogen and oxygen atoms in total. The quantitative estimate of drug-likeness (QED) is 0.401. The van der Waals surface area contributed by atoms with Crippen molar-refractivity contribution in [1.82, 2.24) is 0 Å². The molecule has 0 saturated heterocycles. The van der Waals surface area contributed by atoms with Crippen LogP contribution in [-0.4, -0.2) is 19.0 Å². The van der Waals surface area contributed by atoms with Crippen LogP contribution in [0.1, 0.15) is 35.7 Å². The number of ketones is 1. The average Bonchev–Trinajstić information content (AvgIpc) is 2.33. The minimum absolute atomic E-state index is 0.0839. The topological polar surface area (TPSA) is 35.5 Å². The van der Waals surface area contributed by atoms with Crippen LogP contribution in [-0.2, 0) is 4.74 Å². The van der Waals surface area contributed by atoms with Gasteiger partial charge >= 0.3 is 0 Å². The van der Waals surface area contributed by atoms with Crippen LogP contribution in [0.5, 0.6) is 5.75 Å². The van der Waals surface area contributed by atoms with E-state index in [-0.39, 0.29) is 5.78 Å². The average molecular weight is 248 g/mol. The lowest BCUT2D eigenvalue weighted by molar-refractivity contribution is 0.101. The zero-order valence-electron chi connectivity index (χ0n) is 11.1. The second-order valence-electron chi connectivity index (χ2n) is 4.13. The first-order chi connectivity index (χ1) is 8.65. The molecule has 0 unspecified atom stereocenters. The van der Waals surface area contributed by atoms with Crippen LogP contribution in [0.25, 0.3) is 0 Å². The van der Waals surface area contributed by atoms with Gasteiger partial charge in [-0.1, -0.05) is 6.58 Å². The molecule has 1 aromatic rings. The monoisotopic (exact) mass is 248 g/mol. The van der Waals surface area contributed by atoms with Crippen molar-refractivity contribution in [2.24, 2.45) is 0 Å². The van der Waals surface area contributed by atoms with Crippen LogP contribution in [0.15, 0.2) is 31.0 Å². The molecule has 0 atom stereocenters. The highest BCUT2D eigenvalue weighted by molar-refractivity contribution is 5.95. The second kappa shape index (κ2) is 7.54. The molecule has 0 heterocycles. The molecule has 0 N–H and O–H groups in total. The molecule has 0 aliphatic carbocycles. The second-order valence-corrected chi connectivity index (χ2v) is 4.13. The summed E-state index contributed by atoms with van der Waals surface area (Å²) in [5.74, 6) is 0.891. The predicted octanol–water partition coefficient (Wildman–Crippen LogP) is 3.52. The van der Waals surface area contributed by atoms with Gasteiger partial charge in [-0.25, -0.2) is 0 Å². The van der Waals surface area contributed by atoms with Gasteiger partial charge in [0.25, 0.3) is 0 Å². The summed E-state index contributed by atoms with van der Waals surface area (Å²) in [7, 11) is 0. The van der Waals surface area contributed by atoms with E-state index in [4.69, 9.17) is 9.47 Å². The summed E-state index contributed by atoms with van der Waals surface area (Å²) in [5.41, 5.74) is 1.71. The van der Waals surface area contributed by atoms with Crippen molar-refractivity contribution in [1.29, 1.82) is 0 Å². The number of unbranched alkanes of at least 4 members (excludes halogenated alkanes) is 1. The van der Waals surface area contributed by atoms with Gasteiger partial charge < -0.3 is 9.47 Å². The molecule has 0 spiro atoms. The fourth-order valence-electron chi connectivity index (χ4n) is 1.68. The van der Waals surface area contributed by atoms with E-state index in [2.05, 4.69) is 6.58 Å². The molecule has 18 heavy (non-hydrogen) atoms. The molecule has 0 aliphatic heterocycles. The molecule has 0 amide bonds. The summed E-state index contributed by atoms with van der Waals surface area (Å²) in [5, 5.41) is 0. The smallest absolute Gasteiger partial charge is 0.160 e. The van der Waals surface area contributed by atoms with Crippen molar-refractivity contribution < 1.29 is 14.3 Å². The number of aryl methyl sites for hydroxylation is 1. The Labute approximate surface area is 108 Å². The van der Waals surface area contributed by atoms with Gasteiger partial charge in [0.05, 0.1) is 19.5 Å². The van der Waals surface area contributed by atoms with E-state index >= 15 is 0 Å². The van der Waals surface area contributed by atoms with Gasteiger partial charge in [0.1, 0.15) is 5.75 Å². The van der Waals surface area contributed by atoms with Gasteiger partial charge in [-0.15, -0.1) is 0 Å². The third-order valence-electron chi connectivity index (χ3n) is 2.62. The Morgan fingerprint density at radius 2 is 2.06 bits per heavy atom. The Kier molecular flexibility index (Phi) is 5.98. The fraction of sp³-hybridized carbons (Fsp3) is 0.400. The Morgan fingerprint density at radius 3 is 2.67 bits per heavy atom. The number of carbonyl (C=O) groups excluding carboxylic acids is 1. The molecule has 0 fully saturated rings. The van der Waals surface area contributed by atoms with E-state index in [1.165, 1.54) is 6.26 Å². The van der Waals surface area contributed by atoms with Crippen LogP contribution in [0.2, 0.25) is 0 Å². The van der Waals surface area contributed by atoms with Crippen LogP contribution >= 0.6 is 0 Å². The lowest BCUT2D eigenvalue weighted by Crippen LogP contribution is -2.01. The first kappa shape index (κ1) is 14.3. The molecule has 0 aromatic heterocycles. The minimum Gasteiger partial charge on any atom is -0.502 e. The highest BCUT2D eigenvalue weighted by Crippen LogP contribution is 2.18. The largest absolute Gasteiger partial charge is 0.502 e. The number of rotatable bonds is 8. The molecule has 0 bridgehead atoms. The Hall–Kier alpha value is -1.77. The number of Topliss-reactive ketones (excluding diaryl/α,β-unsaturated/α-hetero) is 1. The van der Waals surface area contributed by atoms with Gasteiger partial charge in [-0.3, -0.25) is 4.79 Å². The zero-order chi connectivity index (χ0) is 13.4. The van der Waals surface area contributed by atoms with Crippen molar-refractivity contribution in [3.8, 4) is 5.75 Å². The Bertz CT molecular complexity index is 410. The summed E-state index contributed by atoms with van der Waals surface area (Å²) < 4.78 is 10.6. The van der Waals surface area contributed by atoms with Gasteiger partial charge in [0, 0.05) is 5.56 Å². The molecular formula is C15H20O3. The lowest BCUT2D eigenvalue weighted by Gasteiger charge is -2.08. The first-order valence-electron chi connectivity index (χ1n) is 6.12. The predicted molar refractivity (Wildman–Crippen MR) is 72.1 cm³/mol. The summed E-state index contributed by atoms with van der Waals surface area (Å²) in [6.07, 6.45) is 3.32. The maximum absolute atomic E-state index is 11.3. The number of hydrogen-bond donors (Lipinski definition) is 0. The van der Waals surface area contributed by atoms with E-state index in [0.717, 1.165) is 29.7 Å². The third-order valence-corrected chi connectivity index (χ3v) is 2.62. The van der Waals surface area contributed by atoms with E-state index in [0.29, 0.717) is 13.2 Å². The normalized spacial score (nSPS) is 9.89. The van der Waals surface area contributed by atoms with Crippen LogP contribution in [0.4, 0.5) is 0 Å². The summed E-state index contributed by atoms with van der Waals surface area (Å²) in [6.45, 7) is 8.30. The van der Waals surface area contributed by atoms with Crippen LogP contribution in [0, 0.1) is 6.92 Å². The fourth-order valence-corrected chi connectivity index (χ4v) is 1.68. The van der Waals surface area contributed by atoms with Gasteiger partial charge in [-0.2, -0.15) is 0 Å². The van der Waals surface area contributed by atoms with E-state index in [9.17, 15) is 4.79 Å². The minimum atomic E-state index is 0.0839. The number of benzene rings is 1. The molecule has 0 saturated carbocycles. The number of carbonyl (C=O) groups is 1. The number of hydrogen-bond acceptors (Lipinski definition) is 3. The molecule has 98 valence electrons. The van der Waals surface area contributed by atoms with Gasteiger partial charge in [0.2, 0.25) is 0 Å². The van der Waals surface area contributed by atoms with Crippen molar-refractivity contribution in [2.45, 2.75) is 26.7 Å². The van der Waals surface area contributed by atoms with Crippen molar-refractivity contribution in [2.75, 3.05) is 13.2 Å². The summed E-state index contributed by atoms with van der Waals surface area (Å²) in [6, 6.07) is 5.55. The summed E-state index contributed by atoms with van der Waals surface area (Å²) in [4.78, 5) is 11.3. The molecule has 0 radical (unpaired) electrons. The molecular weight excluding hydrogens is 228 g/mol. The molecule has 1 aromatic carbocycles. The Morgan fingerprint density at radius 1 is 1.33 bits per heavy atom. The first-order valence-corrected chi connectivity index (χ1v) is 6.12.